The second-order valence-corrected chi connectivity index (χ2v) is 10.0. The van der Waals surface area contributed by atoms with E-state index in [-0.39, 0.29) is 41.9 Å². The zero-order valence-electron chi connectivity index (χ0n) is 19.7. The van der Waals surface area contributed by atoms with Crippen LogP contribution in [0.1, 0.15) is 71.2 Å². The van der Waals surface area contributed by atoms with Crippen molar-refractivity contribution < 1.29 is 23.2 Å². The normalized spacial score (nSPS) is 24.1. The molecule has 5 rings (SSSR count). The van der Waals surface area contributed by atoms with E-state index in [1.54, 1.807) is 18.2 Å². The predicted molar refractivity (Wildman–Crippen MR) is 128 cm³/mol. The molecule has 36 heavy (non-hydrogen) atoms. The SMILES string of the molecule is [N-]=[N+]=NCc1ccc2c(c1)C(=O)[C@H]1[C@@H](C3CCCCC3)CC(=O)C[C@H]1N2C(=O)c1ccc(F)c(F)c1. The van der Waals surface area contributed by atoms with Gasteiger partial charge in [-0.25, -0.2) is 8.78 Å². The van der Waals surface area contributed by atoms with E-state index in [0.29, 0.717) is 23.2 Å². The standard InChI is InChI=1S/C27H26F2N4O3/c28-21-8-7-17(11-22(21)29)27(36)33-23-9-6-15(14-31-32-30)10-20(23)26(35)25-19(12-18(34)13-24(25)33)16-4-2-1-3-5-16/h6-11,16,19,24-25H,1-5,12-14H2/t19-,24-,25+/m1/s1. The summed E-state index contributed by atoms with van der Waals surface area (Å²) >= 11 is 0. The second kappa shape index (κ2) is 9.82. The molecule has 0 saturated heterocycles. The highest BCUT2D eigenvalue weighted by molar-refractivity contribution is 6.15. The molecule has 2 saturated carbocycles. The lowest BCUT2D eigenvalue weighted by atomic mass is 9.62. The molecule has 2 aromatic carbocycles. The van der Waals surface area contributed by atoms with Crippen LogP contribution in [0.2, 0.25) is 0 Å². The van der Waals surface area contributed by atoms with Crippen LogP contribution in [0.4, 0.5) is 14.5 Å². The van der Waals surface area contributed by atoms with Gasteiger partial charge in [-0.3, -0.25) is 14.4 Å². The van der Waals surface area contributed by atoms with Crippen molar-refractivity contribution in [2.45, 2.75) is 57.5 Å². The number of amides is 1. The zero-order valence-corrected chi connectivity index (χ0v) is 19.7. The molecule has 1 amide bonds. The van der Waals surface area contributed by atoms with Gasteiger partial charge in [0.25, 0.3) is 5.91 Å². The lowest BCUT2D eigenvalue weighted by Gasteiger charge is -2.49. The third-order valence-corrected chi connectivity index (χ3v) is 7.95. The lowest BCUT2D eigenvalue weighted by molar-refractivity contribution is -0.123. The number of halogens is 2. The van der Waals surface area contributed by atoms with Crippen LogP contribution in [-0.4, -0.2) is 23.5 Å². The Morgan fingerprint density at radius 3 is 2.53 bits per heavy atom. The van der Waals surface area contributed by atoms with Crippen LogP contribution in [-0.2, 0) is 11.3 Å². The number of carbonyl (C=O) groups excluding carboxylic acids is 3. The minimum Gasteiger partial charge on any atom is -0.303 e. The second-order valence-electron chi connectivity index (χ2n) is 10.0. The number of Topliss-reactive ketones (excluding diaryl/α,β-unsaturated/α-hetero) is 2. The number of carbonyl (C=O) groups is 3. The molecule has 2 aromatic rings. The highest BCUT2D eigenvalue weighted by Gasteiger charge is 2.52. The highest BCUT2D eigenvalue weighted by atomic mass is 19.2. The van der Waals surface area contributed by atoms with E-state index >= 15 is 0 Å². The van der Waals surface area contributed by atoms with Crippen molar-refractivity contribution in [1.29, 1.82) is 0 Å². The summed E-state index contributed by atoms with van der Waals surface area (Å²) in [5, 5.41) is 3.58. The topological polar surface area (TPSA) is 103 Å². The number of hydrogen-bond donors (Lipinski definition) is 0. The minimum atomic E-state index is -1.14. The maximum absolute atomic E-state index is 14.0. The molecule has 0 spiro atoms. The number of fused-ring (bicyclic) bond motifs is 2. The van der Waals surface area contributed by atoms with E-state index in [2.05, 4.69) is 10.0 Å². The third-order valence-electron chi connectivity index (χ3n) is 7.95. The molecule has 186 valence electrons. The van der Waals surface area contributed by atoms with Gasteiger partial charge in [-0.1, -0.05) is 43.3 Å². The van der Waals surface area contributed by atoms with Gasteiger partial charge in [0, 0.05) is 34.8 Å². The average molecular weight is 493 g/mol. The summed E-state index contributed by atoms with van der Waals surface area (Å²) in [5.41, 5.74) is 9.93. The van der Waals surface area contributed by atoms with Crippen molar-refractivity contribution in [2.75, 3.05) is 4.90 Å². The first-order valence-electron chi connectivity index (χ1n) is 12.4. The Morgan fingerprint density at radius 1 is 1.03 bits per heavy atom. The van der Waals surface area contributed by atoms with Gasteiger partial charge >= 0.3 is 0 Å². The van der Waals surface area contributed by atoms with Gasteiger partial charge in [-0.05, 0) is 53.3 Å². The zero-order chi connectivity index (χ0) is 25.4. The van der Waals surface area contributed by atoms with Crippen molar-refractivity contribution in [1.82, 2.24) is 0 Å². The largest absolute Gasteiger partial charge is 0.303 e. The maximum Gasteiger partial charge on any atom is 0.258 e. The molecule has 0 bridgehead atoms. The van der Waals surface area contributed by atoms with Crippen LogP contribution >= 0.6 is 0 Å². The van der Waals surface area contributed by atoms with Crippen molar-refractivity contribution in [3.63, 3.8) is 0 Å². The van der Waals surface area contributed by atoms with E-state index < -0.39 is 29.5 Å². The summed E-state index contributed by atoms with van der Waals surface area (Å²) in [4.78, 5) is 44.9. The number of ketones is 2. The van der Waals surface area contributed by atoms with Crippen molar-refractivity contribution >= 4 is 23.2 Å². The molecular formula is C27H26F2N4O3. The van der Waals surface area contributed by atoms with Crippen LogP contribution in [0.5, 0.6) is 0 Å². The van der Waals surface area contributed by atoms with Gasteiger partial charge in [0.05, 0.1) is 18.3 Å². The minimum absolute atomic E-state index is 0.00568. The van der Waals surface area contributed by atoms with E-state index in [0.717, 1.165) is 44.2 Å². The summed E-state index contributed by atoms with van der Waals surface area (Å²) < 4.78 is 27.6. The smallest absolute Gasteiger partial charge is 0.258 e. The van der Waals surface area contributed by atoms with Gasteiger partial charge in [-0.2, -0.15) is 0 Å². The quantitative estimate of drug-likeness (QED) is 0.290. The van der Waals surface area contributed by atoms with E-state index in [9.17, 15) is 23.2 Å². The number of rotatable bonds is 4. The molecule has 1 heterocycles. The number of anilines is 1. The molecule has 7 nitrogen and oxygen atoms in total. The summed E-state index contributed by atoms with van der Waals surface area (Å²) in [6, 6.07) is 7.18. The van der Waals surface area contributed by atoms with E-state index in [1.807, 2.05) is 0 Å². The molecule has 9 heteroatoms. The molecular weight excluding hydrogens is 466 g/mol. The highest BCUT2D eigenvalue weighted by Crippen LogP contribution is 2.48. The first kappa shape index (κ1) is 24.1. The molecule has 0 N–H and O–H groups in total. The maximum atomic E-state index is 14.0. The van der Waals surface area contributed by atoms with Gasteiger partial charge < -0.3 is 4.90 Å². The molecule has 2 aliphatic carbocycles. The number of benzene rings is 2. The third kappa shape index (κ3) is 4.28. The molecule has 2 fully saturated rings. The summed E-state index contributed by atoms with van der Waals surface area (Å²) in [5.74, 6) is -3.44. The van der Waals surface area contributed by atoms with Gasteiger partial charge in [0.15, 0.2) is 17.4 Å². The number of nitrogens with zero attached hydrogens (tertiary/aromatic N) is 4. The first-order valence-corrected chi connectivity index (χ1v) is 12.4. The van der Waals surface area contributed by atoms with Crippen LogP contribution in [0, 0.1) is 29.4 Å². The van der Waals surface area contributed by atoms with Crippen molar-refractivity contribution in [3.8, 4) is 0 Å². The molecule has 1 aliphatic heterocycles. The predicted octanol–water partition coefficient (Wildman–Crippen LogP) is 6.16. The molecule has 0 aromatic heterocycles. The van der Waals surface area contributed by atoms with Gasteiger partial charge in [0.1, 0.15) is 5.78 Å². The Hall–Kier alpha value is -3.58. The van der Waals surface area contributed by atoms with Crippen LogP contribution in [0.25, 0.3) is 10.4 Å². The Balaban J connectivity index is 1.64. The summed E-state index contributed by atoms with van der Waals surface area (Å²) in [6.07, 6.45) is 5.44. The van der Waals surface area contributed by atoms with Crippen molar-refractivity contribution in [2.24, 2.45) is 22.9 Å². The van der Waals surface area contributed by atoms with Gasteiger partial charge in [-0.15, -0.1) is 0 Å². The molecule has 0 unspecified atom stereocenters. The fourth-order valence-corrected chi connectivity index (χ4v) is 6.35. The van der Waals surface area contributed by atoms with Crippen LogP contribution in [0.3, 0.4) is 0 Å². The monoisotopic (exact) mass is 492 g/mol. The fourth-order valence-electron chi connectivity index (χ4n) is 6.35. The number of azide groups is 1. The molecule has 3 atom stereocenters. The van der Waals surface area contributed by atoms with Crippen LogP contribution in [0.15, 0.2) is 41.5 Å². The summed E-state index contributed by atoms with van der Waals surface area (Å²) in [6.45, 7) is 0.0484. The van der Waals surface area contributed by atoms with E-state index in [1.165, 1.54) is 11.0 Å². The Kier molecular flexibility index (Phi) is 6.58. The number of hydrogen-bond acceptors (Lipinski definition) is 4. The van der Waals surface area contributed by atoms with Gasteiger partial charge in [0.2, 0.25) is 0 Å². The Morgan fingerprint density at radius 2 is 1.81 bits per heavy atom. The lowest BCUT2D eigenvalue weighted by Crippen LogP contribution is -2.57. The van der Waals surface area contributed by atoms with Crippen LogP contribution < -0.4 is 4.90 Å². The van der Waals surface area contributed by atoms with E-state index in [4.69, 9.17) is 5.53 Å². The fraction of sp³-hybridized carbons (Fsp3) is 0.444. The molecule has 3 aliphatic rings. The first-order chi connectivity index (χ1) is 17.4. The van der Waals surface area contributed by atoms with Crippen molar-refractivity contribution in [3.05, 3.63) is 75.2 Å². The molecule has 0 radical (unpaired) electrons. The summed E-state index contributed by atoms with van der Waals surface area (Å²) in [7, 11) is 0. The average Bonchev–Trinajstić information content (AvgIpc) is 2.89. The Bertz CT molecular complexity index is 1280. The Labute approximate surface area is 207 Å².